The molecule has 3 rings (SSSR count). The van der Waals surface area contributed by atoms with Crippen LogP contribution < -0.4 is 10.2 Å². The van der Waals surface area contributed by atoms with E-state index in [-0.39, 0.29) is 0 Å². The van der Waals surface area contributed by atoms with Gasteiger partial charge in [0, 0.05) is 25.2 Å². The largest absolute Gasteiger partial charge is 0.360 e. The molecule has 0 saturated carbocycles. The molecule has 106 valence electrons. The van der Waals surface area contributed by atoms with E-state index in [2.05, 4.69) is 32.3 Å². The van der Waals surface area contributed by atoms with Gasteiger partial charge in [-0.15, -0.1) is 0 Å². The molecule has 0 aliphatic carbocycles. The second-order valence-corrected chi connectivity index (χ2v) is 5.38. The maximum absolute atomic E-state index is 5.03. The van der Waals surface area contributed by atoms with Crippen molar-refractivity contribution in [3.05, 3.63) is 24.2 Å². The van der Waals surface area contributed by atoms with Crippen LogP contribution in [0.1, 0.15) is 25.5 Å². The summed E-state index contributed by atoms with van der Waals surface area (Å²) in [5, 5.41) is 7.03. The van der Waals surface area contributed by atoms with Crippen molar-refractivity contribution in [1.82, 2.24) is 15.1 Å². The topological polar surface area (TPSA) is 67.1 Å². The van der Waals surface area contributed by atoms with Crippen LogP contribution in [-0.4, -0.2) is 28.2 Å². The van der Waals surface area contributed by atoms with Gasteiger partial charge in [0.15, 0.2) is 5.82 Å². The van der Waals surface area contributed by atoms with Crippen molar-refractivity contribution in [2.45, 2.75) is 26.7 Å². The van der Waals surface area contributed by atoms with Crippen LogP contribution in [0.5, 0.6) is 0 Å². The molecule has 0 unspecified atom stereocenters. The highest BCUT2D eigenvalue weighted by atomic mass is 16.5. The van der Waals surface area contributed by atoms with Gasteiger partial charge >= 0.3 is 0 Å². The fourth-order valence-corrected chi connectivity index (χ4v) is 2.38. The van der Waals surface area contributed by atoms with Gasteiger partial charge in [-0.25, -0.2) is 9.97 Å². The lowest BCUT2D eigenvalue weighted by atomic mass is 9.99. The molecule has 0 amide bonds. The third-order valence-corrected chi connectivity index (χ3v) is 3.64. The Kier molecular flexibility index (Phi) is 3.54. The van der Waals surface area contributed by atoms with E-state index in [0.717, 1.165) is 36.4 Å². The number of anilines is 3. The molecule has 0 atom stereocenters. The molecule has 6 heteroatoms. The number of aryl methyl sites for hydroxylation is 1. The first-order valence-corrected chi connectivity index (χ1v) is 6.98. The first-order valence-electron chi connectivity index (χ1n) is 6.98. The normalized spacial score (nSPS) is 16.4. The molecule has 3 heterocycles. The Balaban J connectivity index is 1.72. The second-order valence-electron chi connectivity index (χ2n) is 5.38. The Morgan fingerprint density at radius 3 is 2.70 bits per heavy atom. The summed E-state index contributed by atoms with van der Waals surface area (Å²) >= 11 is 0. The van der Waals surface area contributed by atoms with E-state index in [4.69, 9.17) is 4.52 Å². The summed E-state index contributed by atoms with van der Waals surface area (Å²) < 4.78 is 5.03. The number of rotatable bonds is 3. The van der Waals surface area contributed by atoms with Gasteiger partial charge in [0.25, 0.3) is 0 Å². The Morgan fingerprint density at radius 1 is 1.20 bits per heavy atom. The SMILES string of the molecule is Cc1cc(Nc2cc(N3CCC(C)CC3)ncn2)no1. The number of piperidine rings is 1. The van der Waals surface area contributed by atoms with Gasteiger partial charge in [0.2, 0.25) is 0 Å². The molecule has 0 aromatic carbocycles. The van der Waals surface area contributed by atoms with E-state index in [9.17, 15) is 0 Å². The van der Waals surface area contributed by atoms with Crippen molar-refractivity contribution in [3.63, 3.8) is 0 Å². The number of hydrogen-bond donors (Lipinski definition) is 1. The predicted octanol–water partition coefficient (Wildman–Crippen LogP) is 2.75. The molecule has 2 aromatic heterocycles. The first-order chi connectivity index (χ1) is 9.70. The van der Waals surface area contributed by atoms with Gasteiger partial charge in [-0.05, 0) is 25.7 Å². The number of aromatic nitrogens is 3. The molecule has 6 nitrogen and oxygen atoms in total. The Bertz CT molecular complexity index is 574. The summed E-state index contributed by atoms with van der Waals surface area (Å²) in [5.74, 6) is 3.95. The van der Waals surface area contributed by atoms with Crippen LogP contribution >= 0.6 is 0 Å². The lowest BCUT2D eigenvalue weighted by molar-refractivity contribution is 0.400. The van der Waals surface area contributed by atoms with Gasteiger partial charge in [0.05, 0.1) is 0 Å². The van der Waals surface area contributed by atoms with Gasteiger partial charge in [0.1, 0.15) is 23.7 Å². The zero-order valence-electron chi connectivity index (χ0n) is 11.8. The summed E-state index contributed by atoms with van der Waals surface area (Å²) in [6.07, 6.45) is 4.02. The summed E-state index contributed by atoms with van der Waals surface area (Å²) in [6, 6.07) is 3.80. The number of nitrogens with one attached hydrogen (secondary N) is 1. The molecule has 1 aliphatic heterocycles. The maximum atomic E-state index is 5.03. The van der Waals surface area contributed by atoms with E-state index in [1.165, 1.54) is 12.8 Å². The van der Waals surface area contributed by atoms with Crippen LogP contribution in [0.2, 0.25) is 0 Å². The zero-order chi connectivity index (χ0) is 13.9. The molecule has 2 aromatic rings. The molecular formula is C14H19N5O. The molecule has 0 radical (unpaired) electrons. The Morgan fingerprint density at radius 2 is 2.00 bits per heavy atom. The van der Waals surface area contributed by atoms with Crippen molar-refractivity contribution >= 4 is 17.5 Å². The quantitative estimate of drug-likeness (QED) is 0.927. The van der Waals surface area contributed by atoms with Gasteiger partial charge in [-0.1, -0.05) is 12.1 Å². The average Bonchev–Trinajstić information content (AvgIpc) is 2.85. The third kappa shape index (κ3) is 2.89. The van der Waals surface area contributed by atoms with E-state index in [1.807, 2.05) is 19.1 Å². The molecule has 1 N–H and O–H groups in total. The van der Waals surface area contributed by atoms with Crippen molar-refractivity contribution in [2.24, 2.45) is 5.92 Å². The van der Waals surface area contributed by atoms with E-state index >= 15 is 0 Å². The van der Waals surface area contributed by atoms with E-state index in [0.29, 0.717) is 5.82 Å². The van der Waals surface area contributed by atoms with Crippen LogP contribution in [0.3, 0.4) is 0 Å². The van der Waals surface area contributed by atoms with E-state index < -0.39 is 0 Å². The van der Waals surface area contributed by atoms with Gasteiger partial charge in [-0.3, -0.25) is 0 Å². The Labute approximate surface area is 118 Å². The van der Waals surface area contributed by atoms with Crippen LogP contribution in [0, 0.1) is 12.8 Å². The molecule has 1 fully saturated rings. The van der Waals surface area contributed by atoms with Crippen molar-refractivity contribution in [2.75, 3.05) is 23.3 Å². The number of nitrogens with zero attached hydrogens (tertiary/aromatic N) is 4. The standard InChI is InChI=1S/C14H19N5O/c1-10-3-5-19(6-4-10)14-8-12(15-9-16-14)17-13-7-11(2)20-18-13/h7-10H,3-6H2,1-2H3,(H,15,16,17,18). The van der Waals surface area contributed by atoms with Gasteiger partial charge < -0.3 is 14.7 Å². The molecule has 1 saturated heterocycles. The van der Waals surface area contributed by atoms with Crippen molar-refractivity contribution < 1.29 is 4.52 Å². The fraction of sp³-hybridized carbons (Fsp3) is 0.500. The van der Waals surface area contributed by atoms with Crippen LogP contribution in [0.25, 0.3) is 0 Å². The van der Waals surface area contributed by atoms with Crippen molar-refractivity contribution in [1.29, 1.82) is 0 Å². The minimum absolute atomic E-state index is 0.666. The summed E-state index contributed by atoms with van der Waals surface area (Å²) in [5.41, 5.74) is 0. The van der Waals surface area contributed by atoms with Crippen LogP contribution in [-0.2, 0) is 0 Å². The molecular weight excluding hydrogens is 254 g/mol. The molecule has 1 aliphatic rings. The second kappa shape index (κ2) is 5.48. The fourth-order valence-electron chi connectivity index (χ4n) is 2.38. The molecule has 20 heavy (non-hydrogen) atoms. The lowest BCUT2D eigenvalue weighted by Crippen LogP contribution is -2.33. The maximum Gasteiger partial charge on any atom is 0.175 e. The smallest absolute Gasteiger partial charge is 0.175 e. The highest BCUT2D eigenvalue weighted by molar-refractivity contribution is 5.56. The number of hydrogen-bond acceptors (Lipinski definition) is 6. The molecule has 0 bridgehead atoms. The highest BCUT2D eigenvalue weighted by Gasteiger charge is 2.17. The lowest BCUT2D eigenvalue weighted by Gasteiger charge is -2.31. The van der Waals surface area contributed by atoms with Crippen LogP contribution in [0.15, 0.2) is 23.0 Å². The molecule has 0 spiro atoms. The minimum Gasteiger partial charge on any atom is -0.360 e. The van der Waals surface area contributed by atoms with Crippen LogP contribution in [0.4, 0.5) is 17.5 Å². The Hall–Kier alpha value is -2.11. The zero-order valence-corrected chi connectivity index (χ0v) is 11.8. The highest BCUT2D eigenvalue weighted by Crippen LogP contribution is 2.23. The first kappa shape index (κ1) is 12.9. The third-order valence-electron chi connectivity index (χ3n) is 3.64. The summed E-state index contributed by atoms with van der Waals surface area (Å²) in [4.78, 5) is 10.9. The predicted molar refractivity (Wildman–Crippen MR) is 77.2 cm³/mol. The summed E-state index contributed by atoms with van der Waals surface area (Å²) in [7, 11) is 0. The van der Waals surface area contributed by atoms with Gasteiger partial charge in [-0.2, -0.15) is 0 Å². The van der Waals surface area contributed by atoms with Crippen molar-refractivity contribution in [3.8, 4) is 0 Å². The summed E-state index contributed by atoms with van der Waals surface area (Å²) in [6.45, 7) is 6.27. The minimum atomic E-state index is 0.666. The average molecular weight is 273 g/mol. The van der Waals surface area contributed by atoms with E-state index in [1.54, 1.807) is 6.33 Å². The monoisotopic (exact) mass is 273 g/mol.